The highest BCUT2D eigenvalue weighted by molar-refractivity contribution is 5.82. The van der Waals surface area contributed by atoms with Gasteiger partial charge in [0.1, 0.15) is 6.04 Å². The first kappa shape index (κ1) is 8.55. The predicted molar refractivity (Wildman–Crippen MR) is 47.5 cm³/mol. The van der Waals surface area contributed by atoms with E-state index in [4.69, 9.17) is 5.26 Å². The summed E-state index contributed by atoms with van der Waals surface area (Å²) in [6.07, 6.45) is 3.19. The van der Waals surface area contributed by atoms with E-state index >= 15 is 0 Å². The largest absolute Gasteiger partial charge is 0.340 e. The molecule has 0 saturated heterocycles. The van der Waals surface area contributed by atoms with E-state index in [9.17, 15) is 4.79 Å². The average molecular weight is 178 g/mol. The molecule has 2 aliphatic carbocycles. The quantitative estimate of drug-likeness (QED) is 0.702. The molecule has 0 radical (unpaired) electrons. The first-order chi connectivity index (χ1) is 6.22. The van der Waals surface area contributed by atoms with Crippen molar-refractivity contribution in [3.8, 4) is 6.07 Å². The van der Waals surface area contributed by atoms with Crippen LogP contribution in [0.3, 0.4) is 0 Å². The van der Waals surface area contributed by atoms with Gasteiger partial charge in [-0.25, -0.2) is 0 Å². The van der Waals surface area contributed by atoms with Gasteiger partial charge in [-0.3, -0.25) is 4.79 Å². The third-order valence-corrected chi connectivity index (χ3v) is 2.98. The molecule has 1 N–H and O–H groups in total. The number of amides is 1. The van der Waals surface area contributed by atoms with Crippen LogP contribution in [0.1, 0.15) is 26.2 Å². The van der Waals surface area contributed by atoms with Crippen LogP contribution in [0.2, 0.25) is 0 Å². The summed E-state index contributed by atoms with van der Waals surface area (Å²) in [4.78, 5) is 11.5. The highest BCUT2D eigenvalue weighted by Crippen LogP contribution is 2.38. The Bertz CT molecular complexity index is 265. The fourth-order valence-electron chi connectivity index (χ4n) is 1.63. The van der Waals surface area contributed by atoms with Crippen LogP contribution in [0.5, 0.6) is 0 Å². The van der Waals surface area contributed by atoms with Gasteiger partial charge in [0.2, 0.25) is 5.91 Å². The van der Waals surface area contributed by atoms with Crippen LogP contribution < -0.4 is 5.32 Å². The Morgan fingerprint density at radius 2 is 2.23 bits per heavy atom. The molecule has 0 aromatic heterocycles. The van der Waals surface area contributed by atoms with Crippen molar-refractivity contribution in [3.05, 3.63) is 0 Å². The molecule has 0 aromatic carbocycles. The molecule has 0 spiro atoms. The number of nitrogens with one attached hydrogen (secondary N) is 1. The molecule has 0 bridgehead atoms. The summed E-state index contributed by atoms with van der Waals surface area (Å²) in [5, 5.41) is 11.6. The monoisotopic (exact) mass is 178 g/mol. The van der Waals surface area contributed by atoms with Crippen LogP contribution in [-0.4, -0.2) is 11.9 Å². The SMILES string of the molecule is CC1CC1C(=O)NC(C#N)C1CC1. The Balaban J connectivity index is 1.82. The van der Waals surface area contributed by atoms with E-state index in [1.54, 1.807) is 0 Å². The highest BCUT2D eigenvalue weighted by atomic mass is 16.2. The molecule has 70 valence electrons. The standard InChI is InChI=1S/C10H14N2O/c1-6-4-8(6)10(13)12-9(5-11)7-2-3-7/h6-9H,2-4H2,1H3,(H,12,13). The molecule has 13 heavy (non-hydrogen) atoms. The summed E-state index contributed by atoms with van der Waals surface area (Å²) < 4.78 is 0. The van der Waals surface area contributed by atoms with Crippen LogP contribution in [0.4, 0.5) is 0 Å². The van der Waals surface area contributed by atoms with E-state index in [1.165, 1.54) is 0 Å². The Hall–Kier alpha value is -1.04. The number of nitriles is 1. The molecule has 0 aliphatic heterocycles. The minimum absolute atomic E-state index is 0.0888. The topological polar surface area (TPSA) is 52.9 Å². The lowest BCUT2D eigenvalue weighted by Crippen LogP contribution is -2.36. The molecule has 2 saturated carbocycles. The van der Waals surface area contributed by atoms with Gasteiger partial charge in [0.25, 0.3) is 0 Å². The minimum atomic E-state index is -0.222. The van der Waals surface area contributed by atoms with Crippen molar-refractivity contribution < 1.29 is 4.79 Å². The van der Waals surface area contributed by atoms with Crippen LogP contribution in [0.25, 0.3) is 0 Å². The molecular weight excluding hydrogens is 164 g/mol. The van der Waals surface area contributed by atoms with Gasteiger partial charge < -0.3 is 5.32 Å². The van der Waals surface area contributed by atoms with Crippen molar-refractivity contribution in [1.82, 2.24) is 5.32 Å². The summed E-state index contributed by atoms with van der Waals surface area (Å²) in [5.74, 6) is 1.24. The van der Waals surface area contributed by atoms with E-state index < -0.39 is 0 Å². The van der Waals surface area contributed by atoms with Gasteiger partial charge in [-0.1, -0.05) is 6.92 Å². The lowest BCUT2D eigenvalue weighted by atomic mass is 10.2. The van der Waals surface area contributed by atoms with Gasteiger partial charge in [0, 0.05) is 5.92 Å². The fourth-order valence-corrected chi connectivity index (χ4v) is 1.63. The maximum atomic E-state index is 11.5. The highest BCUT2D eigenvalue weighted by Gasteiger charge is 2.41. The van der Waals surface area contributed by atoms with Crippen molar-refractivity contribution in [2.75, 3.05) is 0 Å². The second-order valence-electron chi connectivity index (χ2n) is 4.27. The van der Waals surface area contributed by atoms with Crippen molar-refractivity contribution in [2.45, 2.75) is 32.2 Å². The van der Waals surface area contributed by atoms with Gasteiger partial charge in [-0.05, 0) is 31.1 Å². The van der Waals surface area contributed by atoms with Crippen LogP contribution >= 0.6 is 0 Å². The minimum Gasteiger partial charge on any atom is -0.340 e. The van der Waals surface area contributed by atoms with Crippen molar-refractivity contribution >= 4 is 5.91 Å². The van der Waals surface area contributed by atoms with Gasteiger partial charge in [0.15, 0.2) is 0 Å². The van der Waals surface area contributed by atoms with E-state index in [1.807, 2.05) is 0 Å². The molecule has 3 atom stereocenters. The molecule has 1 amide bonds. The molecule has 2 aliphatic rings. The van der Waals surface area contributed by atoms with E-state index in [2.05, 4.69) is 18.3 Å². The lowest BCUT2D eigenvalue weighted by molar-refractivity contribution is -0.123. The van der Waals surface area contributed by atoms with Crippen LogP contribution in [0, 0.1) is 29.1 Å². The third kappa shape index (κ3) is 1.82. The summed E-state index contributed by atoms with van der Waals surface area (Å²) in [6, 6.07) is 1.94. The first-order valence-electron chi connectivity index (χ1n) is 4.92. The van der Waals surface area contributed by atoms with E-state index in [0.29, 0.717) is 11.8 Å². The summed E-state index contributed by atoms with van der Waals surface area (Å²) in [5.41, 5.74) is 0. The molecule has 0 aromatic rings. The lowest BCUT2D eigenvalue weighted by Gasteiger charge is -2.09. The maximum absolute atomic E-state index is 11.5. The number of hydrogen-bond donors (Lipinski definition) is 1. The number of hydrogen-bond acceptors (Lipinski definition) is 2. The summed E-state index contributed by atoms with van der Waals surface area (Å²) in [6.45, 7) is 2.07. The van der Waals surface area contributed by atoms with Gasteiger partial charge in [-0.2, -0.15) is 5.26 Å². The number of nitrogens with zero attached hydrogens (tertiary/aromatic N) is 1. The summed E-state index contributed by atoms with van der Waals surface area (Å²) in [7, 11) is 0. The molecule has 2 rings (SSSR count). The number of carbonyl (C=O) groups is 1. The van der Waals surface area contributed by atoms with Crippen molar-refractivity contribution in [3.63, 3.8) is 0 Å². The molecular formula is C10H14N2O. The van der Waals surface area contributed by atoms with Gasteiger partial charge >= 0.3 is 0 Å². The average Bonchev–Trinajstić information content (AvgIpc) is 2.93. The normalized spacial score (nSPS) is 33.2. The second-order valence-corrected chi connectivity index (χ2v) is 4.27. The number of rotatable bonds is 3. The zero-order valence-electron chi connectivity index (χ0n) is 7.79. The van der Waals surface area contributed by atoms with Gasteiger partial charge in [-0.15, -0.1) is 0 Å². The number of carbonyl (C=O) groups excluding carboxylic acids is 1. The first-order valence-corrected chi connectivity index (χ1v) is 4.92. The zero-order valence-corrected chi connectivity index (χ0v) is 7.79. The Morgan fingerprint density at radius 3 is 2.62 bits per heavy atom. The van der Waals surface area contributed by atoms with Crippen molar-refractivity contribution in [2.24, 2.45) is 17.8 Å². The Kier molecular flexibility index (Phi) is 1.99. The van der Waals surface area contributed by atoms with Gasteiger partial charge in [0.05, 0.1) is 6.07 Å². The van der Waals surface area contributed by atoms with E-state index in [-0.39, 0.29) is 17.9 Å². The Labute approximate surface area is 78.1 Å². The molecule has 3 unspecified atom stereocenters. The van der Waals surface area contributed by atoms with Crippen LogP contribution in [-0.2, 0) is 4.79 Å². The third-order valence-electron chi connectivity index (χ3n) is 2.98. The molecule has 2 fully saturated rings. The molecule has 3 nitrogen and oxygen atoms in total. The molecule has 0 heterocycles. The smallest absolute Gasteiger partial charge is 0.224 e. The predicted octanol–water partition coefficient (Wildman–Crippen LogP) is 1.06. The zero-order chi connectivity index (χ0) is 9.42. The van der Waals surface area contributed by atoms with E-state index in [0.717, 1.165) is 19.3 Å². The maximum Gasteiger partial charge on any atom is 0.224 e. The fraction of sp³-hybridized carbons (Fsp3) is 0.800. The second kappa shape index (κ2) is 3.02. The van der Waals surface area contributed by atoms with Crippen molar-refractivity contribution in [1.29, 1.82) is 5.26 Å². The van der Waals surface area contributed by atoms with Crippen LogP contribution in [0.15, 0.2) is 0 Å². The Morgan fingerprint density at radius 1 is 1.62 bits per heavy atom. The molecule has 3 heteroatoms. The summed E-state index contributed by atoms with van der Waals surface area (Å²) >= 11 is 0.